The molecule has 0 atom stereocenters. The van der Waals surface area contributed by atoms with E-state index in [0.717, 1.165) is 18.3 Å². The van der Waals surface area contributed by atoms with Gasteiger partial charge >= 0.3 is 6.18 Å². The molecule has 0 saturated heterocycles. The first kappa shape index (κ1) is 15.8. The van der Waals surface area contributed by atoms with Crippen molar-refractivity contribution < 1.29 is 22.7 Å². The van der Waals surface area contributed by atoms with Gasteiger partial charge in [0.1, 0.15) is 5.75 Å². The lowest BCUT2D eigenvalue weighted by Gasteiger charge is -2.08. The fourth-order valence-corrected chi connectivity index (χ4v) is 1.89. The van der Waals surface area contributed by atoms with Crippen molar-refractivity contribution in [2.45, 2.75) is 6.18 Å². The fourth-order valence-electron chi connectivity index (χ4n) is 1.89. The van der Waals surface area contributed by atoms with Gasteiger partial charge in [-0.1, -0.05) is 18.2 Å². The van der Waals surface area contributed by atoms with Gasteiger partial charge in [0.2, 0.25) is 0 Å². The summed E-state index contributed by atoms with van der Waals surface area (Å²) in [6.07, 6.45) is -1.34. The van der Waals surface area contributed by atoms with Crippen molar-refractivity contribution in [1.29, 1.82) is 0 Å². The number of methoxy groups -OCH3 is 1. The summed E-state index contributed by atoms with van der Waals surface area (Å²) < 4.78 is 43.5. The summed E-state index contributed by atoms with van der Waals surface area (Å²) in [6, 6.07) is 9.12. The Morgan fingerprint density at radius 3 is 2.59 bits per heavy atom. The molecular formula is C16H12F3NO2. The second-order valence-electron chi connectivity index (χ2n) is 4.34. The van der Waals surface area contributed by atoms with Crippen molar-refractivity contribution in [2.75, 3.05) is 7.11 Å². The number of carbonyl (C=O) groups excluding carboxylic acids is 1. The van der Waals surface area contributed by atoms with Gasteiger partial charge in [-0.25, -0.2) is 0 Å². The van der Waals surface area contributed by atoms with Crippen LogP contribution < -0.4 is 4.74 Å². The van der Waals surface area contributed by atoms with Gasteiger partial charge in [0, 0.05) is 11.8 Å². The number of hydrogen-bond acceptors (Lipinski definition) is 3. The first-order valence-corrected chi connectivity index (χ1v) is 6.31. The molecule has 114 valence electrons. The molecule has 6 heteroatoms. The monoisotopic (exact) mass is 307 g/mol. The number of ether oxygens (including phenoxy) is 1. The van der Waals surface area contributed by atoms with Crippen LogP contribution in [-0.4, -0.2) is 17.9 Å². The van der Waals surface area contributed by atoms with Crippen LogP contribution in [0.4, 0.5) is 13.2 Å². The lowest BCUT2D eigenvalue weighted by molar-refractivity contribution is -0.141. The number of carbonyl (C=O) groups is 1. The van der Waals surface area contributed by atoms with Crippen molar-refractivity contribution in [3.8, 4) is 5.75 Å². The van der Waals surface area contributed by atoms with Crippen molar-refractivity contribution in [1.82, 2.24) is 4.98 Å². The molecule has 0 bridgehead atoms. The highest BCUT2D eigenvalue weighted by atomic mass is 19.4. The van der Waals surface area contributed by atoms with Crippen LogP contribution in [0.1, 0.15) is 21.6 Å². The van der Waals surface area contributed by atoms with Crippen LogP contribution >= 0.6 is 0 Å². The summed E-state index contributed by atoms with van der Waals surface area (Å²) in [5.74, 6) is -0.0891. The topological polar surface area (TPSA) is 39.2 Å². The molecule has 0 aliphatic heterocycles. The Balaban J connectivity index is 2.32. The largest absolute Gasteiger partial charge is 0.496 e. The van der Waals surface area contributed by atoms with Crippen LogP contribution in [0.5, 0.6) is 5.75 Å². The van der Waals surface area contributed by atoms with E-state index in [1.165, 1.54) is 19.2 Å². The standard InChI is InChI=1S/C16H12F3NO2/c1-22-14-7-3-2-6-12(14)13(21)9-8-11-5-4-10-20-15(11)16(17,18)19/h2-10H,1H3/b9-8+. The zero-order chi connectivity index (χ0) is 16.2. The zero-order valence-electron chi connectivity index (χ0n) is 11.6. The van der Waals surface area contributed by atoms with E-state index in [4.69, 9.17) is 4.74 Å². The number of ketones is 1. The number of para-hydroxylation sites is 1. The second kappa shape index (κ2) is 6.43. The predicted octanol–water partition coefficient (Wildman–Crippen LogP) is 4.01. The van der Waals surface area contributed by atoms with Gasteiger partial charge in [-0.15, -0.1) is 0 Å². The third kappa shape index (κ3) is 3.52. The molecule has 0 amide bonds. The summed E-state index contributed by atoms with van der Waals surface area (Å²) in [5.41, 5.74) is -0.920. The minimum Gasteiger partial charge on any atom is -0.496 e. The Bertz CT molecular complexity index is 709. The quantitative estimate of drug-likeness (QED) is 0.633. The summed E-state index contributed by atoms with van der Waals surface area (Å²) in [6.45, 7) is 0. The van der Waals surface area contributed by atoms with E-state index in [2.05, 4.69) is 4.98 Å². The maximum absolute atomic E-state index is 12.8. The lowest BCUT2D eigenvalue weighted by atomic mass is 10.1. The third-order valence-electron chi connectivity index (χ3n) is 2.89. The Hall–Kier alpha value is -2.63. The smallest absolute Gasteiger partial charge is 0.433 e. The van der Waals surface area contributed by atoms with Gasteiger partial charge in [0.25, 0.3) is 0 Å². The number of nitrogens with zero attached hydrogens (tertiary/aromatic N) is 1. The van der Waals surface area contributed by atoms with E-state index in [1.54, 1.807) is 24.3 Å². The van der Waals surface area contributed by atoms with E-state index in [-0.39, 0.29) is 11.1 Å². The molecule has 0 aliphatic rings. The Morgan fingerprint density at radius 1 is 1.18 bits per heavy atom. The number of allylic oxidation sites excluding steroid dienone is 1. The highest BCUT2D eigenvalue weighted by molar-refractivity contribution is 6.08. The van der Waals surface area contributed by atoms with Crippen molar-refractivity contribution in [3.63, 3.8) is 0 Å². The molecule has 22 heavy (non-hydrogen) atoms. The van der Waals surface area contributed by atoms with Gasteiger partial charge in [0.15, 0.2) is 11.5 Å². The molecule has 0 fully saturated rings. The van der Waals surface area contributed by atoms with Gasteiger partial charge in [-0.3, -0.25) is 9.78 Å². The van der Waals surface area contributed by atoms with Crippen molar-refractivity contribution in [2.24, 2.45) is 0 Å². The maximum atomic E-state index is 12.8. The molecule has 0 radical (unpaired) electrons. The minimum atomic E-state index is -4.57. The SMILES string of the molecule is COc1ccccc1C(=O)/C=C/c1cccnc1C(F)(F)F. The number of alkyl halides is 3. The molecule has 2 rings (SSSR count). The van der Waals surface area contributed by atoms with E-state index in [0.29, 0.717) is 5.75 Å². The molecule has 2 aromatic rings. The van der Waals surface area contributed by atoms with Crippen LogP contribution in [0, 0.1) is 0 Å². The second-order valence-corrected chi connectivity index (χ2v) is 4.34. The average Bonchev–Trinajstić information content (AvgIpc) is 2.52. The summed E-state index contributed by atoms with van der Waals surface area (Å²) in [4.78, 5) is 15.4. The molecule has 0 N–H and O–H groups in total. The molecule has 1 heterocycles. The van der Waals surface area contributed by atoms with Gasteiger partial charge in [-0.05, 0) is 30.4 Å². The Morgan fingerprint density at radius 2 is 1.91 bits per heavy atom. The number of hydrogen-bond donors (Lipinski definition) is 0. The molecule has 1 aromatic heterocycles. The van der Waals surface area contributed by atoms with E-state index >= 15 is 0 Å². The Labute approximate surface area is 125 Å². The molecule has 0 aliphatic carbocycles. The number of aromatic nitrogens is 1. The van der Waals surface area contributed by atoms with Crippen LogP contribution in [0.2, 0.25) is 0 Å². The molecule has 0 spiro atoms. The summed E-state index contributed by atoms with van der Waals surface area (Å²) in [7, 11) is 1.42. The molecule has 1 aromatic carbocycles. The molecule has 0 saturated carbocycles. The predicted molar refractivity (Wildman–Crippen MR) is 75.6 cm³/mol. The Kier molecular flexibility index (Phi) is 4.60. The summed E-state index contributed by atoms with van der Waals surface area (Å²) >= 11 is 0. The van der Waals surface area contributed by atoms with Gasteiger partial charge in [0.05, 0.1) is 12.7 Å². The fraction of sp³-hybridized carbons (Fsp3) is 0.125. The molecule has 0 unspecified atom stereocenters. The van der Waals surface area contributed by atoms with Crippen LogP contribution in [0.3, 0.4) is 0 Å². The minimum absolute atomic E-state index is 0.168. The van der Waals surface area contributed by atoms with E-state index in [1.807, 2.05) is 0 Å². The normalized spacial score (nSPS) is 11.6. The van der Waals surface area contributed by atoms with Crippen LogP contribution in [0.25, 0.3) is 6.08 Å². The first-order valence-electron chi connectivity index (χ1n) is 6.31. The zero-order valence-corrected chi connectivity index (χ0v) is 11.6. The highest BCUT2D eigenvalue weighted by Crippen LogP contribution is 2.30. The molecule has 3 nitrogen and oxygen atoms in total. The van der Waals surface area contributed by atoms with Gasteiger partial charge < -0.3 is 4.74 Å². The van der Waals surface area contributed by atoms with Crippen LogP contribution in [-0.2, 0) is 6.18 Å². The number of benzene rings is 1. The number of rotatable bonds is 4. The van der Waals surface area contributed by atoms with Gasteiger partial charge in [-0.2, -0.15) is 13.2 Å². The average molecular weight is 307 g/mol. The maximum Gasteiger partial charge on any atom is 0.433 e. The van der Waals surface area contributed by atoms with E-state index in [9.17, 15) is 18.0 Å². The lowest BCUT2D eigenvalue weighted by Crippen LogP contribution is -2.10. The van der Waals surface area contributed by atoms with Crippen molar-refractivity contribution >= 4 is 11.9 Å². The summed E-state index contributed by atoms with van der Waals surface area (Å²) in [5, 5.41) is 0. The number of halogens is 3. The molecular weight excluding hydrogens is 295 g/mol. The third-order valence-corrected chi connectivity index (χ3v) is 2.89. The van der Waals surface area contributed by atoms with Crippen molar-refractivity contribution in [3.05, 3.63) is 65.5 Å². The highest BCUT2D eigenvalue weighted by Gasteiger charge is 2.34. The van der Waals surface area contributed by atoms with E-state index < -0.39 is 17.7 Å². The van der Waals surface area contributed by atoms with Crippen LogP contribution in [0.15, 0.2) is 48.7 Å². The number of pyridine rings is 1. The first-order chi connectivity index (χ1) is 10.4.